The zero-order valence-corrected chi connectivity index (χ0v) is 5.42. The highest BCUT2D eigenvalue weighted by Gasteiger charge is 1.94. The average Bonchev–Trinajstić information content (AvgIpc) is 1.85. The number of H-pyrrole nitrogens is 1. The fourth-order valence-corrected chi connectivity index (χ4v) is 0.558. The fraction of sp³-hybridized carbons (Fsp3) is 0.200. The Hall–Kier alpha value is -1.52. The van der Waals surface area contributed by atoms with Gasteiger partial charge >= 0.3 is 0 Å². The molecular formula is C5H7N3O2. The largest absolute Gasteiger partial charge is 0.481 e. The van der Waals surface area contributed by atoms with Crippen LogP contribution in [0.15, 0.2) is 10.9 Å². The first-order valence-corrected chi connectivity index (χ1v) is 2.63. The SMILES string of the molecule is COc1cc(=O)[nH]c(N)n1. The maximum atomic E-state index is 10.6. The van der Waals surface area contributed by atoms with Gasteiger partial charge in [-0.25, -0.2) is 0 Å². The van der Waals surface area contributed by atoms with Gasteiger partial charge in [-0.3, -0.25) is 9.78 Å². The van der Waals surface area contributed by atoms with Crippen molar-refractivity contribution in [2.75, 3.05) is 12.8 Å². The Labute approximate surface area is 56.9 Å². The molecule has 0 saturated carbocycles. The molecule has 0 atom stereocenters. The predicted octanol–water partition coefficient (Wildman–Crippen LogP) is -0.639. The van der Waals surface area contributed by atoms with E-state index in [4.69, 9.17) is 5.73 Å². The Morgan fingerprint density at radius 1 is 1.80 bits per heavy atom. The van der Waals surface area contributed by atoms with Gasteiger partial charge in [-0.15, -0.1) is 0 Å². The summed E-state index contributed by atoms with van der Waals surface area (Å²) in [6, 6.07) is 1.22. The molecule has 0 bridgehead atoms. The number of hydrogen-bond acceptors (Lipinski definition) is 4. The zero-order chi connectivity index (χ0) is 7.56. The van der Waals surface area contributed by atoms with Gasteiger partial charge in [-0.05, 0) is 0 Å². The molecule has 1 aromatic rings. The number of ether oxygens (including phenoxy) is 1. The molecule has 0 aliphatic carbocycles. The van der Waals surface area contributed by atoms with Crippen molar-refractivity contribution in [2.24, 2.45) is 0 Å². The van der Waals surface area contributed by atoms with Crippen LogP contribution in [0.25, 0.3) is 0 Å². The van der Waals surface area contributed by atoms with E-state index in [9.17, 15) is 4.79 Å². The van der Waals surface area contributed by atoms with E-state index >= 15 is 0 Å². The molecule has 0 aliphatic heterocycles. The standard InChI is InChI=1S/C5H7N3O2/c1-10-4-2-3(9)7-5(6)8-4/h2H,1H3,(H3,6,7,8,9). The van der Waals surface area contributed by atoms with E-state index in [1.807, 2.05) is 0 Å². The lowest BCUT2D eigenvalue weighted by molar-refractivity contribution is 0.397. The summed E-state index contributed by atoms with van der Waals surface area (Å²) in [5, 5.41) is 0. The van der Waals surface area contributed by atoms with Crippen LogP contribution < -0.4 is 16.0 Å². The van der Waals surface area contributed by atoms with Crippen molar-refractivity contribution in [3.8, 4) is 5.88 Å². The molecule has 0 aliphatic rings. The predicted molar refractivity (Wildman–Crippen MR) is 35.8 cm³/mol. The number of rotatable bonds is 1. The first kappa shape index (κ1) is 6.60. The molecular weight excluding hydrogens is 134 g/mol. The third kappa shape index (κ3) is 1.25. The van der Waals surface area contributed by atoms with Gasteiger partial charge in [0.15, 0.2) is 0 Å². The van der Waals surface area contributed by atoms with Crippen LogP contribution in [0.5, 0.6) is 5.88 Å². The van der Waals surface area contributed by atoms with Crippen LogP contribution in [0.2, 0.25) is 0 Å². The van der Waals surface area contributed by atoms with Crippen LogP contribution in [0.4, 0.5) is 5.95 Å². The van der Waals surface area contributed by atoms with Crippen molar-refractivity contribution in [2.45, 2.75) is 0 Å². The van der Waals surface area contributed by atoms with E-state index in [0.29, 0.717) is 0 Å². The second kappa shape index (κ2) is 2.38. The first-order chi connectivity index (χ1) is 4.72. The monoisotopic (exact) mass is 141 g/mol. The van der Waals surface area contributed by atoms with Crippen molar-refractivity contribution >= 4 is 5.95 Å². The molecule has 3 N–H and O–H groups in total. The molecule has 1 rings (SSSR count). The summed E-state index contributed by atoms with van der Waals surface area (Å²) in [6.07, 6.45) is 0. The molecule has 0 amide bonds. The van der Waals surface area contributed by atoms with Crippen LogP contribution in [0, 0.1) is 0 Å². The number of anilines is 1. The maximum absolute atomic E-state index is 10.6. The third-order valence-electron chi connectivity index (χ3n) is 0.946. The minimum Gasteiger partial charge on any atom is -0.481 e. The molecule has 0 unspecified atom stereocenters. The summed E-state index contributed by atoms with van der Waals surface area (Å²) in [4.78, 5) is 16.5. The summed E-state index contributed by atoms with van der Waals surface area (Å²) in [5.74, 6) is 0.283. The van der Waals surface area contributed by atoms with Crippen LogP contribution in [-0.2, 0) is 0 Å². The highest BCUT2D eigenvalue weighted by Crippen LogP contribution is 1.99. The minimum atomic E-state index is -0.315. The van der Waals surface area contributed by atoms with Crippen molar-refractivity contribution in [1.29, 1.82) is 0 Å². The van der Waals surface area contributed by atoms with E-state index in [-0.39, 0.29) is 17.4 Å². The lowest BCUT2D eigenvalue weighted by atomic mass is 10.6. The molecule has 0 saturated heterocycles. The van der Waals surface area contributed by atoms with E-state index in [1.165, 1.54) is 13.2 Å². The van der Waals surface area contributed by atoms with Crippen LogP contribution in [-0.4, -0.2) is 17.1 Å². The number of nitrogens with zero attached hydrogens (tertiary/aromatic N) is 1. The molecule has 0 fully saturated rings. The Morgan fingerprint density at radius 3 is 3.00 bits per heavy atom. The number of aromatic nitrogens is 2. The van der Waals surface area contributed by atoms with Gasteiger partial charge in [-0.2, -0.15) is 4.98 Å². The van der Waals surface area contributed by atoms with Gasteiger partial charge in [0.1, 0.15) is 0 Å². The smallest absolute Gasteiger partial charge is 0.256 e. The summed E-state index contributed by atoms with van der Waals surface area (Å²) >= 11 is 0. The molecule has 0 spiro atoms. The molecule has 5 heteroatoms. The Kier molecular flexibility index (Phi) is 1.57. The van der Waals surface area contributed by atoms with Crippen LogP contribution >= 0.6 is 0 Å². The lowest BCUT2D eigenvalue weighted by Crippen LogP contribution is -2.10. The number of nitrogen functional groups attached to an aromatic ring is 1. The number of methoxy groups -OCH3 is 1. The van der Waals surface area contributed by atoms with E-state index in [2.05, 4.69) is 14.7 Å². The molecule has 10 heavy (non-hydrogen) atoms. The Bertz CT molecular complexity index is 280. The quantitative estimate of drug-likeness (QED) is 0.545. The number of hydrogen-bond donors (Lipinski definition) is 2. The topological polar surface area (TPSA) is 81.0 Å². The van der Waals surface area contributed by atoms with Crippen LogP contribution in [0.3, 0.4) is 0 Å². The Balaban J connectivity index is 3.19. The van der Waals surface area contributed by atoms with E-state index < -0.39 is 0 Å². The molecule has 5 nitrogen and oxygen atoms in total. The third-order valence-corrected chi connectivity index (χ3v) is 0.946. The number of aromatic amines is 1. The second-order valence-corrected chi connectivity index (χ2v) is 1.67. The average molecular weight is 141 g/mol. The molecule has 0 aromatic carbocycles. The summed E-state index contributed by atoms with van der Waals surface area (Å²) in [5.41, 5.74) is 4.87. The molecule has 1 heterocycles. The van der Waals surface area contributed by atoms with Gasteiger partial charge in [-0.1, -0.05) is 0 Å². The van der Waals surface area contributed by atoms with Crippen molar-refractivity contribution in [3.05, 3.63) is 16.4 Å². The number of nitrogens with one attached hydrogen (secondary N) is 1. The van der Waals surface area contributed by atoms with Gasteiger partial charge in [0.25, 0.3) is 5.56 Å². The Morgan fingerprint density at radius 2 is 2.50 bits per heavy atom. The van der Waals surface area contributed by atoms with Crippen LogP contribution in [0.1, 0.15) is 0 Å². The van der Waals surface area contributed by atoms with Gasteiger partial charge in [0.05, 0.1) is 13.2 Å². The van der Waals surface area contributed by atoms with E-state index in [1.54, 1.807) is 0 Å². The second-order valence-electron chi connectivity index (χ2n) is 1.67. The summed E-state index contributed by atoms with van der Waals surface area (Å²) in [6.45, 7) is 0. The number of nitrogens with two attached hydrogens (primary N) is 1. The first-order valence-electron chi connectivity index (χ1n) is 2.63. The van der Waals surface area contributed by atoms with Crippen molar-refractivity contribution in [1.82, 2.24) is 9.97 Å². The minimum absolute atomic E-state index is 0.0596. The van der Waals surface area contributed by atoms with E-state index in [0.717, 1.165) is 0 Å². The highest BCUT2D eigenvalue weighted by molar-refractivity contribution is 5.20. The van der Waals surface area contributed by atoms with Crippen molar-refractivity contribution < 1.29 is 4.74 Å². The zero-order valence-electron chi connectivity index (χ0n) is 5.42. The fourth-order valence-electron chi connectivity index (χ4n) is 0.558. The normalized spacial score (nSPS) is 9.30. The highest BCUT2D eigenvalue weighted by atomic mass is 16.5. The van der Waals surface area contributed by atoms with Gasteiger partial charge < -0.3 is 10.5 Å². The van der Waals surface area contributed by atoms with Gasteiger partial charge in [0.2, 0.25) is 11.8 Å². The van der Waals surface area contributed by atoms with Crippen molar-refractivity contribution in [3.63, 3.8) is 0 Å². The molecule has 1 aromatic heterocycles. The summed E-state index contributed by atoms with van der Waals surface area (Å²) < 4.78 is 4.66. The maximum Gasteiger partial charge on any atom is 0.256 e. The lowest BCUT2D eigenvalue weighted by Gasteiger charge is -1.96. The van der Waals surface area contributed by atoms with Gasteiger partial charge in [0, 0.05) is 0 Å². The molecule has 0 radical (unpaired) electrons. The molecule has 54 valence electrons. The summed E-state index contributed by atoms with van der Waals surface area (Å²) in [7, 11) is 1.42.